The van der Waals surface area contributed by atoms with Crippen molar-refractivity contribution in [2.75, 3.05) is 49.7 Å². The number of hydrogen-bond donors (Lipinski definition) is 2. The van der Waals surface area contributed by atoms with Gasteiger partial charge in [-0.05, 0) is 35.7 Å². The van der Waals surface area contributed by atoms with Crippen molar-refractivity contribution < 1.29 is 19.4 Å². The quantitative estimate of drug-likeness (QED) is 0.284. The molecule has 41 heavy (non-hydrogen) atoms. The Morgan fingerprint density at radius 2 is 1.90 bits per heavy atom. The summed E-state index contributed by atoms with van der Waals surface area (Å²) in [6.45, 7) is 8.86. The van der Waals surface area contributed by atoms with Gasteiger partial charge in [0.2, 0.25) is 5.82 Å². The summed E-state index contributed by atoms with van der Waals surface area (Å²) in [5, 5.41) is 17.9. The Balaban J connectivity index is 0.00000147. The third-order valence-electron chi connectivity index (χ3n) is 6.28. The highest BCUT2D eigenvalue weighted by Crippen LogP contribution is 2.24. The number of halogens is 1. The predicted molar refractivity (Wildman–Crippen MR) is 157 cm³/mol. The number of methoxy groups -OCH3 is 1. The van der Waals surface area contributed by atoms with E-state index in [2.05, 4.69) is 37.3 Å². The SMILES string of the molecule is COc1cccc(N2CCN(Cc3ccc(C(=O)NN(CC(C)C)c4nc(C#N)ncc4Cl)cc3)CC2)c1.O=CO. The van der Waals surface area contributed by atoms with E-state index in [4.69, 9.17) is 26.2 Å². The van der Waals surface area contributed by atoms with Gasteiger partial charge in [-0.15, -0.1) is 0 Å². The zero-order valence-corrected chi connectivity index (χ0v) is 24.1. The molecule has 2 aromatic carbocycles. The first kappa shape index (κ1) is 31.1. The fourth-order valence-electron chi connectivity index (χ4n) is 4.33. The van der Waals surface area contributed by atoms with Gasteiger partial charge in [0.25, 0.3) is 12.4 Å². The highest BCUT2D eigenvalue weighted by atomic mass is 35.5. The number of hydrogen-bond acceptors (Lipinski definition) is 9. The molecule has 2 N–H and O–H groups in total. The van der Waals surface area contributed by atoms with Crippen molar-refractivity contribution in [3.63, 3.8) is 0 Å². The molecule has 1 saturated heterocycles. The van der Waals surface area contributed by atoms with E-state index in [-0.39, 0.29) is 29.1 Å². The van der Waals surface area contributed by atoms with Crippen molar-refractivity contribution in [3.8, 4) is 11.8 Å². The first-order valence-electron chi connectivity index (χ1n) is 13.1. The van der Waals surface area contributed by atoms with Crippen LogP contribution >= 0.6 is 11.6 Å². The standard InChI is InChI=1S/C28H32ClN7O2.CH2O2/c1-20(2)18-36(27-25(29)17-31-26(16-30)32-27)33-28(37)22-9-7-21(8-10-22)19-34-11-13-35(14-12-34)23-5-4-6-24(15-23)38-3;2-1-3/h4-10,15,17,20H,11-14,18-19H2,1-3H3,(H,33,37);1H,(H,2,3). The topological polar surface area (TPSA) is 135 Å². The Bertz CT molecular complexity index is 1340. The molecule has 1 aromatic heterocycles. The highest BCUT2D eigenvalue weighted by Gasteiger charge is 2.20. The number of aromatic nitrogens is 2. The number of piperazine rings is 1. The highest BCUT2D eigenvalue weighted by molar-refractivity contribution is 6.32. The molecule has 1 amide bonds. The van der Waals surface area contributed by atoms with Gasteiger partial charge in [0.15, 0.2) is 5.82 Å². The van der Waals surface area contributed by atoms with E-state index in [0.29, 0.717) is 17.9 Å². The number of nitrogens with zero attached hydrogens (tertiary/aromatic N) is 6. The maximum atomic E-state index is 13.1. The number of hydrazine groups is 1. The van der Waals surface area contributed by atoms with Crippen LogP contribution in [0.4, 0.5) is 11.5 Å². The van der Waals surface area contributed by atoms with Crippen LogP contribution in [0.1, 0.15) is 35.6 Å². The fourth-order valence-corrected chi connectivity index (χ4v) is 4.52. The van der Waals surface area contributed by atoms with Crippen LogP contribution in [0.3, 0.4) is 0 Å². The van der Waals surface area contributed by atoms with Gasteiger partial charge in [-0.2, -0.15) is 10.2 Å². The van der Waals surface area contributed by atoms with E-state index in [1.54, 1.807) is 12.1 Å². The van der Waals surface area contributed by atoms with Gasteiger partial charge in [-0.3, -0.25) is 24.9 Å². The number of rotatable bonds is 9. The van der Waals surface area contributed by atoms with Gasteiger partial charge in [-0.25, -0.2) is 4.98 Å². The van der Waals surface area contributed by atoms with Gasteiger partial charge in [-0.1, -0.05) is 43.6 Å². The van der Waals surface area contributed by atoms with Crippen molar-refractivity contribution in [3.05, 3.63) is 76.7 Å². The van der Waals surface area contributed by atoms with E-state index >= 15 is 0 Å². The van der Waals surface area contributed by atoms with Crippen LogP contribution in [-0.4, -0.2) is 72.2 Å². The molecule has 0 unspecified atom stereocenters. The lowest BCUT2D eigenvalue weighted by molar-refractivity contribution is -0.122. The smallest absolute Gasteiger partial charge is 0.290 e. The van der Waals surface area contributed by atoms with Gasteiger partial charge in [0, 0.05) is 56.6 Å². The maximum Gasteiger partial charge on any atom is 0.290 e. The monoisotopic (exact) mass is 579 g/mol. The molecule has 0 aliphatic carbocycles. The summed E-state index contributed by atoms with van der Waals surface area (Å²) >= 11 is 6.29. The molecular formula is C29H34ClN7O4. The molecular weight excluding hydrogens is 546 g/mol. The normalized spacial score (nSPS) is 13.0. The van der Waals surface area contributed by atoms with E-state index in [0.717, 1.165) is 44.0 Å². The second kappa shape index (κ2) is 15.4. The Kier molecular flexibility index (Phi) is 11.7. The molecule has 2 heterocycles. The Labute approximate surface area is 244 Å². The van der Waals surface area contributed by atoms with Crippen molar-refractivity contribution in [2.45, 2.75) is 20.4 Å². The van der Waals surface area contributed by atoms with Crippen LogP contribution in [0.2, 0.25) is 5.02 Å². The van der Waals surface area contributed by atoms with Gasteiger partial charge in [0.1, 0.15) is 16.8 Å². The third kappa shape index (κ3) is 9.06. The first-order valence-corrected chi connectivity index (χ1v) is 13.4. The molecule has 0 bridgehead atoms. The van der Waals surface area contributed by atoms with E-state index in [1.807, 2.05) is 56.3 Å². The number of carboxylic acid groups (broad SMARTS) is 1. The second-order valence-electron chi connectivity index (χ2n) is 9.69. The number of nitrogens with one attached hydrogen (secondary N) is 1. The Morgan fingerprint density at radius 3 is 2.51 bits per heavy atom. The number of ether oxygens (including phenoxy) is 1. The molecule has 0 radical (unpaired) electrons. The van der Waals surface area contributed by atoms with E-state index in [9.17, 15) is 10.1 Å². The summed E-state index contributed by atoms with van der Waals surface area (Å²) in [4.78, 5) is 34.3. The Morgan fingerprint density at radius 1 is 1.22 bits per heavy atom. The molecule has 11 nitrogen and oxygen atoms in total. The molecule has 3 aromatic rings. The first-order chi connectivity index (χ1) is 19.8. The van der Waals surface area contributed by atoms with Crippen LogP contribution in [0, 0.1) is 17.2 Å². The zero-order chi connectivity index (χ0) is 29.8. The van der Waals surface area contributed by atoms with Crippen LogP contribution in [0.15, 0.2) is 54.7 Å². The van der Waals surface area contributed by atoms with E-state index in [1.165, 1.54) is 11.9 Å². The largest absolute Gasteiger partial charge is 0.497 e. The van der Waals surface area contributed by atoms with Crippen molar-refractivity contribution in [1.82, 2.24) is 20.3 Å². The fraction of sp³-hybridized carbons (Fsp3) is 0.345. The van der Waals surface area contributed by atoms with Crippen LogP contribution in [0.25, 0.3) is 0 Å². The molecule has 216 valence electrons. The average molecular weight is 580 g/mol. The lowest BCUT2D eigenvalue weighted by atomic mass is 10.1. The lowest BCUT2D eigenvalue weighted by Crippen LogP contribution is -2.46. The molecule has 0 atom stereocenters. The second-order valence-corrected chi connectivity index (χ2v) is 10.1. The summed E-state index contributed by atoms with van der Waals surface area (Å²) in [7, 11) is 1.69. The number of carbonyl (C=O) groups is 2. The van der Waals surface area contributed by atoms with Crippen molar-refractivity contribution in [2.24, 2.45) is 5.92 Å². The minimum Gasteiger partial charge on any atom is -0.497 e. The van der Waals surface area contributed by atoms with Crippen LogP contribution in [0.5, 0.6) is 5.75 Å². The number of amides is 1. The maximum absolute atomic E-state index is 13.1. The molecule has 1 aliphatic rings. The third-order valence-corrected chi connectivity index (χ3v) is 6.55. The van der Waals surface area contributed by atoms with Crippen molar-refractivity contribution >= 4 is 35.5 Å². The molecule has 12 heteroatoms. The number of anilines is 2. The number of carbonyl (C=O) groups excluding carboxylic acids is 1. The lowest BCUT2D eigenvalue weighted by Gasteiger charge is -2.36. The summed E-state index contributed by atoms with van der Waals surface area (Å²) < 4.78 is 5.36. The Hall–Kier alpha value is -4.40. The van der Waals surface area contributed by atoms with Crippen molar-refractivity contribution in [1.29, 1.82) is 5.26 Å². The van der Waals surface area contributed by atoms with Gasteiger partial charge >= 0.3 is 0 Å². The zero-order valence-electron chi connectivity index (χ0n) is 23.3. The summed E-state index contributed by atoms with van der Waals surface area (Å²) in [5.74, 6) is 1.08. The van der Waals surface area contributed by atoms with Gasteiger partial charge in [0.05, 0.1) is 13.3 Å². The summed E-state index contributed by atoms with van der Waals surface area (Å²) in [6.07, 6.45) is 1.37. The number of benzene rings is 2. The average Bonchev–Trinajstić information content (AvgIpc) is 2.98. The molecule has 0 spiro atoms. The molecule has 4 rings (SSSR count). The number of nitriles is 1. The predicted octanol–water partition coefficient (Wildman–Crippen LogP) is 3.84. The summed E-state index contributed by atoms with van der Waals surface area (Å²) in [6, 6.07) is 17.7. The molecule has 1 aliphatic heterocycles. The van der Waals surface area contributed by atoms with Gasteiger partial charge < -0.3 is 14.7 Å². The van der Waals surface area contributed by atoms with E-state index < -0.39 is 0 Å². The minimum absolute atomic E-state index is 0.0129. The van der Waals surface area contributed by atoms with Crippen LogP contribution < -0.4 is 20.1 Å². The summed E-state index contributed by atoms with van der Waals surface area (Å²) in [5.41, 5.74) is 5.74. The molecule has 1 fully saturated rings. The van der Waals surface area contributed by atoms with Crippen LogP contribution in [-0.2, 0) is 11.3 Å². The molecule has 0 saturated carbocycles. The minimum atomic E-state index is -0.280.